The van der Waals surface area contributed by atoms with Gasteiger partial charge in [-0.2, -0.15) is 4.98 Å². The Morgan fingerprint density at radius 2 is 1.41 bits per heavy atom. The van der Waals surface area contributed by atoms with E-state index in [9.17, 15) is 0 Å². The third kappa shape index (κ3) is 4.22. The van der Waals surface area contributed by atoms with Gasteiger partial charge >= 0.3 is 0 Å². The van der Waals surface area contributed by atoms with Crippen molar-refractivity contribution in [3.63, 3.8) is 0 Å². The van der Waals surface area contributed by atoms with Crippen LogP contribution in [0.2, 0.25) is 10.3 Å². The Morgan fingerprint density at radius 1 is 0.897 bits per heavy atom. The second-order valence-electron chi connectivity index (χ2n) is 8.02. The van der Waals surface area contributed by atoms with Gasteiger partial charge in [0.1, 0.15) is 0 Å². The number of nitrogens with zero attached hydrogens (tertiary/aromatic N) is 2. The molecular formula is C23H27ClN2O2Si. The first-order valence-corrected chi connectivity index (χ1v) is 11.9. The summed E-state index contributed by atoms with van der Waals surface area (Å²) in [4.78, 5) is 8.53. The van der Waals surface area contributed by atoms with Gasteiger partial charge in [-0.3, -0.25) is 0 Å². The molecule has 0 bridgehead atoms. The number of hydrogen-bond donors (Lipinski definition) is 0. The van der Waals surface area contributed by atoms with Crippen molar-refractivity contribution in [1.29, 1.82) is 0 Å². The quantitative estimate of drug-likeness (QED) is 0.429. The molecule has 152 valence electrons. The molecule has 0 N–H and O–H groups in total. The first-order valence-electron chi connectivity index (χ1n) is 9.61. The van der Waals surface area contributed by atoms with E-state index in [4.69, 9.17) is 20.8 Å². The minimum absolute atomic E-state index is 0.107. The number of ether oxygens (including phenoxy) is 1. The second-order valence-corrected chi connectivity index (χ2v) is 12.7. The summed E-state index contributed by atoms with van der Waals surface area (Å²) < 4.78 is 12.4. The maximum absolute atomic E-state index is 6.95. The van der Waals surface area contributed by atoms with Crippen molar-refractivity contribution in [2.75, 3.05) is 7.11 Å². The predicted octanol–water partition coefficient (Wildman–Crippen LogP) is 4.52. The standard InChI is InChI=1S/C23H27ClN2O2Si/c1-17-20(21(27-5)26-22(24)25-17)16-28-29(23(2,3)4,18-12-8-6-9-13-18)19-14-10-7-11-15-19/h6-15H,16H2,1-5H3. The van der Waals surface area contributed by atoms with Gasteiger partial charge in [-0.1, -0.05) is 81.4 Å². The van der Waals surface area contributed by atoms with Gasteiger partial charge in [0.15, 0.2) is 0 Å². The Hall–Kier alpha value is -2.21. The smallest absolute Gasteiger partial charge is 0.261 e. The highest BCUT2D eigenvalue weighted by atomic mass is 35.5. The predicted molar refractivity (Wildman–Crippen MR) is 121 cm³/mol. The Balaban J connectivity index is 2.15. The van der Waals surface area contributed by atoms with Crippen molar-refractivity contribution in [3.05, 3.63) is 77.2 Å². The molecule has 0 unspecified atom stereocenters. The molecular weight excluding hydrogens is 400 g/mol. The van der Waals surface area contributed by atoms with Crippen LogP contribution in [0.5, 0.6) is 5.88 Å². The minimum Gasteiger partial charge on any atom is -0.481 e. The molecule has 2 aromatic carbocycles. The van der Waals surface area contributed by atoms with E-state index in [0.717, 1.165) is 11.3 Å². The van der Waals surface area contributed by atoms with Crippen LogP contribution in [0, 0.1) is 6.92 Å². The van der Waals surface area contributed by atoms with Crippen LogP contribution in [0.3, 0.4) is 0 Å². The molecule has 0 spiro atoms. The van der Waals surface area contributed by atoms with Crippen molar-refractivity contribution in [2.45, 2.75) is 39.3 Å². The molecule has 1 heterocycles. The molecule has 0 aliphatic carbocycles. The van der Waals surface area contributed by atoms with E-state index < -0.39 is 8.32 Å². The third-order valence-electron chi connectivity index (χ3n) is 5.19. The maximum atomic E-state index is 6.95. The van der Waals surface area contributed by atoms with Gasteiger partial charge in [-0.05, 0) is 33.9 Å². The number of halogens is 1. The molecule has 0 aliphatic heterocycles. The molecule has 0 aliphatic rings. The second kappa shape index (κ2) is 8.65. The largest absolute Gasteiger partial charge is 0.481 e. The Bertz CT molecular complexity index is 920. The van der Waals surface area contributed by atoms with E-state index in [1.165, 1.54) is 10.4 Å². The Labute approximate surface area is 179 Å². The van der Waals surface area contributed by atoms with E-state index in [-0.39, 0.29) is 10.3 Å². The van der Waals surface area contributed by atoms with Crippen molar-refractivity contribution in [3.8, 4) is 5.88 Å². The lowest BCUT2D eigenvalue weighted by atomic mass is 10.2. The molecule has 4 nitrogen and oxygen atoms in total. The maximum Gasteiger partial charge on any atom is 0.261 e. The summed E-state index contributed by atoms with van der Waals surface area (Å²) in [5.74, 6) is 0.459. The van der Waals surface area contributed by atoms with Crippen LogP contribution in [0.4, 0.5) is 0 Å². The van der Waals surface area contributed by atoms with Crippen molar-refractivity contribution < 1.29 is 9.16 Å². The zero-order valence-electron chi connectivity index (χ0n) is 17.6. The lowest BCUT2D eigenvalue weighted by molar-refractivity contribution is 0.274. The fourth-order valence-corrected chi connectivity index (χ4v) is 8.53. The van der Waals surface area contributed by atoms with Gasteiger partial charge in [0.2, 0.25) is 11.2 Å². The zero-order valence-corrected chi connectivity index (χ0v) is 19.3. The van der Waals surface area contributed by atoms with Crippen LogP contribution in [-0.4, -0.2) is 25.4 Å². The van der Waals surface area contributed by atoms with Gasteiger partial charge in [-0.25, -0.2) is 4.98 Å². The molecule has 0 fully saturated rings. The molecule has 0 saturated heterocycles. The van der Waals surface area contributed by atoms with Gasteiger partial charge in [-0.15, -0.1) is 0 Å². The highest BCUT2D eigenvalue weighted by molar-refractivity contribution is 6.99. The molecule has 3 aromatic rings. The van der Waals surface area contributed by atoms with Crippen molar-refractivity contribution in [2.24, 2.45) is 0 Å². The summed E-state index contributed by atoms with van der Waals surface area (Å²) in [5, 5.41) is 2.52. The molecule has 0 saturated carbocycles. The van der Waals surface area contributed by atoms with Gasteiger partial charge in [0.05, 0.1) is 25.0 Å². The van der Waals surface area contributed by atoms with Crippen LogP contribution in [0.1, 0.15) is 32.0 Å². The summed E-state index contributed by atoms with van der Waals surface area (Å²) in [7, 11) is -1.06. The Morgan fingerprint density at radius 3 is 1.86 bits per heavy atom. The number of aryl methyl sites for hydroxylation is 1. The van der Waals surface area contributed by atoms with Crippen LogP contribution < -0.4 is 15.1 Å². The van der Waals surface area contributed by atoms with E-state index in [1.807, 2.05) is 19.1 Å². The van der Waals surface area contributed by atoms with E-state index >= 15 is 0 Å². The molecule has 1 aromatic heterocycles. The zero-order chi connectivity index (χ0) is 21.1. The SMILES string of the molecule is COc1nc(Cl)nc(C)c1CO[Si](c1ccccc1)(c1ccccc1)C(C)(C)C. The molecule has 0 radical (unpaired) electrons. The van der Waals surface area contributed by atoms with Gasteiger partial charge in [0, 0.05) is 0 Å². The lowest BCUT2D eigenvalue weighted by Crippen LogP contribution is -2.66. The number of rotatable bonds is 6. The molecule has 0 amide bonds. The summed E-state index contributed by atoms with van der Waals surface area (Å²) in [6.07, 6.45) is 0. The number of hydrogen-bond acceptors (Lipinski definition) is 4. The van der Waals surface area contributed by atoms with E-state index in [0.29, 0.717) is 12.5 Å². The van der Waals surface area contributed by atoms with Gasteiger partial charge in [0.25, 0.3) is 8.32 Å². The fraction of sp³-hybridized carbons (Fsp3) is 0.304. The topological polar surface area (TPSA) is 44.2 Å². The molecule has 3 rings (SSSR count). The highest BCUT2D eigenvalue weighted by Crippen LogP contribution is 2.38. The molecule has 0 atom stereocenters. The third-order valence-corrected chi connectivity index (χ3v) is 10.3. The highest BCUT2D eigenvalue weighted by Gasteiger charge is 2.50. The number of methoxy groups -OCH3 is 1. The van der Waals surface area contributed by atoms with Crippen LogP contribution >= 0.6 is 11.6 Å². The summed E-state index contributed by atoms with van der Waals surface area (Å²) >= 11 is 6.02. The van der Waals surface area contributed by atoms with Gasteiger partial charge < -0.3 is 9.16 Å². The monoisotopic (exact) mass is 426 g/mol. The first kappa shape index (κ1) is 21.5. The first-order chi connectivity index (χ1) is 13.8. The Kier molecular flexibility index (Phi) is 6.41. The van der Waals surface area contributed by atoms with E-state index in [2.05, 4.69) is 79.3 Å². The van der Waals surface area contributed by atoms with Crippen molar-refractivity contribution >= 4 is 30.3 Å². The normalized spacial score (nSPS) is 12.1. The fourth-order valence-electron chi connectivity index (χ4n) is 3.81. The van der Waals surface area contributed by atoms with E-state index in [1.54, 1.807) is 7.11 Å². The average molecular weight is 427 g/mol. The average Bonchev–Trinajstić information content (AvgIpc) is 2.70. The van der Waals surface area contributed by atoms with Crippen LogP contribution in [-0.2, 0) is 11.0 Å². The van der Waals surface area contributed by atoms with Crippen LogP contribution in [0.25, 0.3) is 0 Å². The number of aromatic nitrogens is 2. The summed E-state index contributed by atoms with van der Waals surface area (Å²) in [6, 6.07) is 21.1. The van der Waals surface area contributed by atoms with Crippen molar-refractivity contribution in [1.82, 2.24) is 9.97 Å². The van der Waals surface area contributed by atoms with Crippen LogP contribution in [0.15, 0.2) is 60.7 Å². The molecule has 6 heteroatoms. The summed E-state index contributed by atoms with van der Waals surface area (Å²) in [5.41, 5.74) is 1.59. The molecule has 29 heavy (non-hydrogen) atoms. The number of benzene rings is 2. The summed E-state index contributed by atoms with van der Waals surface area (Å²) in [6.45, 7) is 9.00. The lowest BCUT2D eigenvalue weighted by Gasteiger charge is -2.43. The minimum atomic E-state index is -2.65.